The second-order valence-corrected chi connectivity index (χ2v) is 5.06. The molecular weight excluding hydrogens is 288 g/mol. The Balaban J connectivity index is 2.40. The van der Waals surface area contributed by atoms with Gasteiger partial charge in [-0.1, -0.05) is 17.7 Å². The van der Waals surface area contributed by atoms with Crippen molar-refractivity contribution in [3.05, 3.63) is 52.5 Å². The van der Waals surface area contributed by atoms with Crippen LogP contribution in [-0.2, 0) is 0 Å². The Hall–Kier alpha value is -2.20. The van der Waals surface area contributed by atoms with Gasteiger partial charge in [-0.25, -0.2) is 0 Å². The van der Waals surface area contributed by atoms with Crippen molar-refractivity contribution in [1.29, 1.82) is 0 Å². The molecule has 21 heavy (non-hydrogen) atoms. The first-order valence-electron chi connectivity index (χ1n) is 6.63. The van der Waals surface area contributed by atoms with Gasteiger partial charge in [0.25, 0.3) is 5.91 Å². The third-order valence-electron chi connectivity index (χ3n) is 2.96. The Labute approximate surface area is 128 Å². The molecule has 2 rings (SSSR count). The SMILES string of the molecule is CCNC(=O)c1ccc(N)cc1Oc1cc(Cl)ccc1C. The molecule has 0 saturated heterocycles. The molecule has 0 radical (unpaired) electrons. The summed E-state index contributed by atoms with van der Waals surface area (Å²) in [7, 11) is 0. The lowest BCUT2D eigenvalue weighted by Crippen LogP contribution is -2.23. The number of aryl methyl sites for hydroxylation is 1. The number of carbonyl (C=O) groups is 1. The first-order valence-corrected chi connectivity index (χ1v) is 7.00. The van der Waals surface area contributed by atoms with Gasteiger partial charge in [0.2, 0.25) is 0 Å². The maximum absolute atomic E-state index is 12.1. The highest BCUT2D eigenvalue weighted by Gasteiger charge is 2.14. The molecule has 0 aliphatic rings. The minimum atomic E-state index is -0.202. The molecule has 0 atom stereocenters. The van der Waals surface area contributed by atoms with Gasteiger partial charge < -0.3 is 15.8 Å². The minimum absolute atomic E-state index is 0.202. The molecule has 0 bridgehead atoms. The molecule has 4 nitrogen and oxygen atoms in total. The van der Waals surface area contributed by atoms with Crippen molar-refractivity contribution >= 4 is 23.2 Å². The van der Waals surface area contributed by atoms with Crippen molar-refractivity contribution in [3.63, 3.8) is 0 Å². The number of halogens is 1. The molecule has 110 valence electrons. The lowest BCUT2D eigenvalue weighted by Gasteiger charge is -2.13. The highest BCUT2D eigenvalue weighted by Crippen LogP contribution is 2.31. The fourth-order valence-electron chi connectivity index (χ4n) is 1.87. The Morgan fingerprint density at radius 1 is 1.24 bits per heavy atom. The van der Waals surface area contributed by atoms with Crippen LogP contribution in [-0.4, -0.2) is 12.5 Å². The molecule has 0 heterocycles. The summed E-state index contributed by atoms with van der Waals surface area (Å²) in [4.78, 5) is 12.1. The predicted molar refractivity (Wildman–Crippen MR) is 85.1 cm³/mol. The third kappa shape index (κ3) is 3.67. The normalized spacial score (nSPS) is 10.2. The summed E-state index contributed by atoms with van der Waals surface area (Å²) in [6, 6.07) is 10.3. The van der Waals surface area contributed by atoms with E-state index >= 15 is 0 Å². The summed E-state index contributed by atoms with van der Waals surface area (Å²) >= 11 is 5.98. The van der Waals surface area contributed by atoms with Crippen LogP contribution < -0.4 is 15.8 Å². The number of anilines is 1. The maximum Gasteiger partial charge on any atom is 0.255 e. The number of amides is 1. The topological polar surface area (TPSA) is 64.4 Å². The predicted octanol–water partition coefficient (Wildman–Crippen LogP) is 3.77. The monoisotopic (exact) mass is 304 g/mol. The molecular formula is C16H17ClN2O2. The zero-order valence-corrected chi connectivity index (χ0v) is 12.7. The highest BCUT2D eigenvalue weighted by atomic mass is 35.5. The Kier molecular flexibility index (Phi) is 4.70. The standard InChI is InChI=1S/C16H17ClN2O2/c1-3-19-16(20)13-7-6-12(18)9-15(13)21-14-8-11(17)5-4-10(14)2/h4-9H,3,18H2,1-2H3,(H,19,20). The Morgan fingerprint density at radius 2 is 2.00 bits per heavy atom. The highest BCUT2D eigenvalue weighted by molar-refractivity contribution is 6.30. The van der Waals surface area contributed by atoms with Gasteiger partial charge >= 0.3 is 0 Å². The van der Waals surface area contributed by atoms with Crippen molar-refractivity contribution < 1.29 is 9.53 Å². The number of benzene rings is 2. The molecule has 2 aromatic rings. The van der Waals surface area contributed by atoms with Gasteiger partial charge in [0.05, 0.1) is 5.56 Å². The first-order chi connectivity index (χ1) is 10.0. The average Bonchev–Trinajstić information content (AvgIpc) is 2.43. The van der Waals surface area contributed by atoms with Crippen molar-refractivity contribution in [1.82, 2.24) is 5.32 Å². The molecule has 0 unspecified atom stereocenters. The number of ether oxygens (including phenoxy) is 1. The van der Waals surface area contributed by atoms with E-state index in [9.17, 15) is 4.79 Å². The van der Waals surface area contributed by atoms with E-state index in [2.05, 4.69) is 5.32 Å². The second-order valence-electron chi connectivity index (χ2n) is 4.63. The molecule has 0 saturated carbocycles. The van der Waals surface area contributed by atoms with E-state index in [1.807, 2.05) is 19.9 Å². The van der Waals surface area contributed by atoms with Crippen LogP contribution in [0, 0.1) is 6.92 Å². The molecule has 0 spiro atoms. The van der Waals surface area contributed by atoms with Gasteiger partial charge in [0.15, 0.2) is 0 Å². The molecule has 3 N–H and O–H groups in total. The fourth-order valence-corrected chi connectivity index (χ4v) is 2.03. The summed E-state index contributed by atoms with van der Waals surface area (Å²) in [5.41, 5.74) is 7.67. The van der Waals surface area contributed by atoms with Gasteiger partial charge in [0, 0.05) is 23.3 Å². The number of nitrogen functional groups attached to an aromatic ring is 1. The van der Waals surface area contributed by atoms with E-state index in [1.165, 1.54) is 0 Å². The van der Waals surface area contributed by atoms with E-state index in [0.717, 1.165) is 5.56 Å². The van der Waals surface area contributed by atoms with Crippen LogP contribution >= 0.6 is 11.6 Å². The summed E-state index contributed by atoms with van der Waals surface area (Å²) in [5, 5.41) is 3.32. The lowest BCUT2D eigenvalue weighted by atomic mass is 10.1. The lowest BCUT2D eigenvalue weighted by molar-refractivity contribution is 0.0953. The van der Waals surface area contributed by atoms with E-state index in [0.29, 0.717) is 34.3 Å². The van der Waals surface area contributed by atoms with Crippen molar-refractivity contribution in [2.75, 3.05) is 12.3 Å². The number of hydrogen-bond donors (Lipinski definition) is 2. The van der Waals surface area contributed by atoms with Gasteiger partial charge in [-0.05, 0) is 43.7 Å². The van der Waals surface area contributed by atoms with Crippen LogP contribution in [0.2, 0.25) is 5.02 Å². The van der Waals surface area contributed by atoms with Crippen LogP contribution in [0.15, 0.2) is 36.4 Å². The average molecular weight is 305 g/mol. The van der Waals surface area contributed by atoms with Crippen LogP contribution in [0.1, 0.15) is 22.8 Å². The van der Waals surface area contributed by atoms with Gasteiger partial charge in [-0.2, -0.15) is 0 Å². The molecule has 1 amide bonds. The molecule has 0 aliphatic carbocycles. The number of rotatable bonds is 4. The molecule has 5 heteroatoms. The van der Waals surface area contributed by atoms with Crippen molar-refractivity contribution in [2.45, 2.75) is 13.8 Å². The molecule has 2 aromatic carbocycles. The summed E-state index contributed by atoms with van der Waals surface area (Å²) in [5.74, 6) is 0.803. The quantitative estimate of drug-likeness (QED) is 0.845. The van der Waals surface area contributed by atoms with Gasteiger partial charge in [-0.3, -0.25) is 4.79 Å². The fraction of sp³-hybridized carbons (Fsp3) is 0.188. The molecule has 0 fully saturated rings. The van der Waals surface area contributed by atoms with Crippen LogP contribution in [0.25, 0.3) is 0 Å². The van der Waals surface area contributed by atoms with Crippen molar-refractivity contribution in [3.8, 4) is 11.5 Å². The first kappa shape index (κ1) is 15.2. The zero-order valence-electron chi connectivity index (χ0n) is 11.9. The third-order valence-corrected chi connectivity index (χ3v) is 3.19. The number of nitrogens with two attached hydrogens (primary N) is 1. The molecule has 0 aromatic heterocycles. The van der Waals surface area contributed by atoms with E-state index in [-0.39, 0.29) is 5.91 Å². The number of nitrogens with one attached hydrogen (secondary N) is 1. The molecule has 0 aliphatic heterocycles. The zero-order chi connectivity index (χ0) is 15.4. The second kappa shape index (κ2) is 6.50. The number of carbonyl (C=O) groups excluding carboxylic acids is 1. The largest absolute Gasteiger partial charge is 0.456 e. The summed E-state index contributed by atoms with van der Waals surface area (Å²) in [6.07, 6.45) is 0. The van der Waals surface area contributed by atoms with Crippen molar-refractivity contribution in [2.24, 2.45) is 0 Å². The van der Waals surface area contributed by atoms with Crippen LogP contribution in [0.5, 0.6) is 11.5 Å². The summed E-state index contributed by atoms with van der Waals surface area (Å²) in [6.45, 7) is 4.30. The number of hydrogen-bond acceptors (Lipinski definition) is 3. The minimum Gasteiger partial charge on any atom is -0.456 e. The van der Waals surface area contributed by atoms with Gasteiger partial charge in [0.1, 0.15) is 11.5 Å². The Bertz CT molecular complexity index is 671. The van der Waals surface area contributed by atoms with E-state index in [4.69, 9.17) is 22.1 Å². The van der Waals surface area contributed by atoms with Crippen LogP contribution in [0.3, 0.4) is 0 Å². The van der Waals surface area contributed by atoms with E-state index in [1.54, 1.807) is 30.3 Å². The smallest absolute Gasteiger partial charge is 0.255 e. The maximum atomic E-state index is 12.1. The van der Waals surface area contributed by atoms with E-state index < -0.39 is 0 Å². The summed E-state index contributed by atoms with van der Waals surface area (Å²) < 4.78 is 5.84. The van der Waals surface area contributed by atoms with Crippen LogP contribution in [0.4, 0.5) is 5.69 Å². The van der Waals surface area contributed by atoms with Gasteiger partial charge in [-0.15, -0.1) is 0 Å². The Morgan fingerprint density at radius 3 is 2.71 bits per heavy atom.